The minimum atomic E-state index is -0.866. The van der Waals surface area contributed by atoms with E-state index in [1.807, 2.05) is 18.0 Å². The van der Waals surface area contributed by atoms with Gasteiger partial charge in [-0.1, -0.05) is 0 Å². The molecule has 90 valence electrons. The number of carboxylic acids is 1. The van der Waals surface area contributed by atoms with Gasteiger partial charge >= 0.3 is 5.97 Å². The van der Waals surface area contributed by atoms with E-state index in [1.165, 1.54) is 0 Å². The molecule has 0 bridgehead atoms. The molecule has 17 heavy (non-hydrogen) atoms. The van der Waals surface area contributed by atoms with Crippen molar-refractivity contribution in [2.75, 3.05) is 11.9 Å². The van der Waals surface area contributed by atoms with Gasteiger partial charge in [-0.05, 0) is 43.7 Å². The summed E-state index contributed by atoms with van der Waals surface area (Å²) in [6.45, 7) is 0. The molecule has 0 saturated heterocycles. The largest absolute Gasteiger partial charge is 0.478 e. The first-order chi connectivity index (χ1) is 8.16. The van der Waals surface area contributed by atoms with Gasteiger partial charge in [0.05, 0.1) is 0 Å². The van der Waals surface area contributed by atoms with Gasteiger partial charge in [-0.25, -0.2) is 9.78 Å². The summed E-state index contributed by atoms with van der Waals surface area (Å²) in [6, 6.07) is 2.31. The Morgan fingerprint density at radius 3 is 2.88 bits per heavy atom. The summed E-state index contributed by atoms with van der Waals surface area (Å²) in [6.07, 6.45) is 5.34. The lowest BCUT2D eigenvalue weighted by molar-refractivity contribution is 0.0697. The molecule has 0 radical (unpaired) electrons. The van der Waals surface area contributed by atoms with E-state index in [0.29, 0.717) is 17.4 Å². The monoisotopic (exact) mass is 232 g/mol. The van der Waals surface area contributed by atoms with Gasteiger partial charge in [0.2, 0.25) is 0 Å². The fourth-order valence-electron chi connectivity index (χ4n) is 2.52. The number of pyridine rings is 1. The first-order valence-corrected chi connectivity index (χ1v) is 6.15. The first-order valence-electron chi connectivity index (χ1n) is 6.15. The van der Waals surface area contributed by atoms with Gasteiger partial charge in [-0.3, -0.25) is 0 Å². The SMILES string of the molecule is CN(c1nc2c(cc1C(=O)O)CCC2)C1CC1. The lowest BCUT2D eigenvalue weighted by atomic mass is 10.1. The number of aryl methyl sites for hydroxylation is 2. The highest BCUT2D eigenvalue weighted by Gasteiger charge is 2.31. The lowest BCUT2D eigenvalue weighted by Gasteiger charge is -2.20. The Morgan fingerprint density at radius 2 is 2.24 bits per heavy atom. The molecular weight excluding hydrogens is 216 g/mol. The molecule has 1 heterocycles. The summed E-state index contributed by atoms with van der Waals surface area (Å²) < 4.78 is 0. The average molecular weight is 232 g/mol. The molecule has 2 aliphatic rings. The third-order valence-electron chi connectivity index (χ3n) is 3.69. The Hall–Kier alpha value is -1.58. The zero-order valence-corrected chi connectivity index (χ0v) is 9.94. The van der Waals surface area contributed by atoms with Crippen molar-refractivity contribution in [3.05, 3.63) is 22.9 Å². The number of carbonyl (C=O) groups is 1. The second-order valence-corrected chi connectivity index (χ2v) is 4.97. The number of rotatable bonds is 3. The van der Waals surface area contributed by atoms with Crippen LogP contribution in [0.5, 0.6) is 0 Å². The van der Waals surface area contributed by atoms with Crippen molar-refractivity contribution in [2.24, 2.45) is 0 Å². The molecule has 1 aromatic rings. The van der Waals surface area contributed by atoms with E-state index in [9.17, 15) is 9.90 Å². The van der Waals surface area contributed by atoms with Crippen molar-refractivity contribution in [1.82, 2.24) is 4.98 Å². The molecule has 0 spiro atoms. The number of hydrogen-bond donors (Lipinski definition) is 1. The zero-order valence-electron chi connectivity index (χ0n) is 9.94. The van der Waals surface area contributed by atoms with Crippen LogP contribution in [-0.4, -0.2) is 29.1 Å². The second kappa shape index (κ2) is 3.72. The normalized spacial score (nSPS) is 17.9. The third kappa shape index (κ3) is 1.77. The van der Waals surface area contributed by atoms with Gasteiger partial charge in [0.15, 0.2) is 0 Å². The Balaban J connectivity index is 2.07. The van der Waals surface area contributed by atoms with Crippen LogP contribution >= 0.6 is 0 Å². The number of aromatic nitrogens is 1. The Labute approximate surface area is 100 Å². The second-order valence-electron chi connectivity index (χ2n) is 4.97. The van der Waals surface area contributed by atoms with Gasteiger partial charge in [0, 0.05) is 18.8 Å². The number of hydrogen-bond acceptors (Lipinski definition) is 3. The number of nitrogens with zero attached hydrogens (tertiary/aromatic N) is 2. The highest BCUT2D eigenvalue weighted by Crippen LogP contribution is 2.33. The summed E-state index contributed by atoms with van der Waals surface area (Å²) in [4.78, 5) is 17.9. The van der Waals surface area contributed by atoms with Crippen molar-refractivity contribution in [1.29, 1.82) is 0 Å². The van der Waals surface area contributed by atoms with Gasteiger partial charge in [0.1, 0.15) is 11.4 Å². The molecule has 4 heteroatoms. The summed E-state index contributed by atoms with van der Waals surface area (Å²) in [5, 5.41) is 9.28. The minimum absolute atomic E-state index is 0.361. The first kappa shape index (κ1) is 10.6. The van der Waals surface area contributed by atoms with Crippen LogP contribution in [0.4, 0.5) is 5.82 Å². The van der Waals surface area contributed by atoms with E-state index < -0.39 is 5.97 Å². The summed E-state index contributed by atoms with van der Waals surface area (Å²) >= 11 is 0. The lowest BCUT2D eigenvalue weighted by Crippen LogP contribution is -2.24. The predicted molar refractivity (Wildman–Crippen MR) is 64.6 cm³/mol. The minimum Gasteiger partial charge on any atom is -0.478 e. The van der Waals surface area contributed by atoms with Crippen LogP contribution in [0.1, 0.15) is 40.9 Å². The van der Waals surface area contributed by atoms with Crippen LogP contribution in [0.3, 0.4) is 0 Å². The van der Waals surface area contributed by atoms with Gasteiger partial charge in [-0.2, -0.15) is 0 Å². The molecule has 4 nitrogen and oxygen atoms in total. The van der Waals surface area contributed by atoms with E-state index >= 15 is 0 Å². The maximum Gasteiger partial charge on any atom is 0.339 e. The molecule has 3 rings (SSSR count). The number of anilines is 1. The van der Waals surface area contributed by atoms with E-state index in [0.717, 1.165) is 43.4 Å². The number of fused-ring (bicyclic) bond motifs is 1. The van der Waals surface area contributed by atoms with Crippen LogP contribution in [0.2, 0.25) is 0 Å². The van der Waals surface area contributed by atoms with Crippen LogP contribution in [-0.2, 0) is 12.8 Å². The van der Waals surface area contributed by atoms with E-state index in [2.05, 4.69) is 4.98 Å². The molecule has 0 amide bonds. The van der Waals surface area contributed by atoms with Crippen LogP contribution in [0.25, 0.3) is 0 Å². The van der Waals surface area contributed by atoms with Crippen molar-refractivity contribution in [3.8, 4) is 0 Å². The average Bonchev–Trinajstić information content (AvgIpc) is 3.05. The Kier molecular flexibility index (Phi) is 2.31. The van der Waals surface area contributed by atoms with Crippen LogP contribution in [0.15, 0.2) is 6.07 Å². The van der Waals surface area contributed by atoms with E-state index in [-0.39, 0.29) is 0 Å². The fourth-order valence-corrected chi connectivity index (χ4v) is 2.52. The van der Waals surface area contributed by atoms with Crippen molar-refractivity contribution in [3.63, 3.8) is 0 Å². The van der Waals surface area contributed by atoms with Crippen LogP contribution < -0.4 is 4.90 Å². The molecule has 1 fully saturated rings. The molecule has 0 atom stereocenters. The summed E-state index contributed by atoms with van der Waals surface area (Å²) in [5.74, 6) is -0.213. The Bertz CT molecular complexity index is 481. The maximum absolute atomic E-state index is 11.3. The van der Waals surface area contributed by atoms with Gasteiger partial charge < -0.3 is 10.0 Å². The molecule has 0 aromatic carbocycles. The molecule has 1 aromatic heterocycles. The maximum atomic E-state index is 11.3. The molecular formula is C13H16N2O2. The number of carboxylic acid groups (broad SMARTS) is 1. The van der Waals surface area contributed by atoms with Crippen molar-refractivity contribution in [2.45, 2.75) is 38.1 Å². The zero-order chi connectivity index (χ0) is 12.0. The molecule has 2 aliphatic carbocycles. The van der Waals surface area contributed by atoms with E-state index in [4.69, 9.17) is 0 Å². The van der Waals surface area contributed by atoms with Crippen molar-refractivity contribution < 1.29 is 9.90 Å². The highest BCUT2D eigenvalue weighted by molar-refractivity contribution is 5.93. The quantitative estimate of drug-likeness (QED) is 0.864. The molecule has 1 saturated carbocycles. The van der Waals surface area contributed by atoms with Gasteiger partial charge in [0.25, 0.3) is 0 Å². The van der Waals surface area contributed by atoms with Crippen LogP contribution in [0, 0.1) is 0 Å². The molecule has 0 unspecified atom stereocenters. The Morgan fingerprint density at radius 1 is 1.47 bits per heavy atom. The molecule has 1 N–H and O–H groups in total. The topological polar surface area (TPSA) is 53.4 Å². The van der Waals surface area contributed by atoms with Crippen molar-refractivity contribution >= 4 is 11.8 Å². The summed E-state index contributed by atoms with van der Waals surface area (Å²) in [5.41, 5.74) is 2.58. The third-order valence-corrected chi connectivity index (χ3v) is 3.69. The predicted octanol–water partition coefficient (Wildman–Crippen LogP) is 1.87. The fraction of sp³-hybridized carbons (Fsp3) is 0.538. The highest BCUT2D eigenvalue weighted by atomic mass is 16.4. The number of aromatic carboxylic acids is 1. The summed E-state index contributed by atoms with van der Waals surface area (Å²) in [7, 11) is 1.95. The smallest absolute Gasteiger partial charge is 0.339 e. The molecule has 0 aliphatic heterocycles. The van der Waals surface area contributed by atoms with Gasteiger partial charge in [-0.15, -0.1) is 0 Å². The standard InChI is InChI=1S/C13H16N2O2/c1-15(9-5-6-9)12-10(13(16)17)7-8-3-2-4-11(8)14-12/h7,9H,2-6H2,1H3,(H,16,17). The van der Waals surface area contributed by atoms with E-state index in [1.54, 1.807) is 0 Å².